The molecule has 5 nitrogen and oxygen atoms in total. The summed E-state index contributed by atoms with van der Waals surface area (Å²) in [6.45, 7) is 0. The fourth-order valence-electron chi connectivity index (χ4n) is 2.50. The summed E-state index contributed by atoms with van der Waals surface area (Å²) < 4.78 is 75.2. The third kappa shape index (κ3) is 4.17. The molecule has 0 unspecified atom stereocenters. The number of halogens is 4. The van der Waals surface area contributed by atoms with Gasteiger partial charge >= 0.3 is 6.18 Å². The molecule has 0 bridgehead atoms. The van der Waals surface area contributed by atoms with E-state index in [-0.39, 0.29) is 10.6 Å². The largest absolute Gasteiger partial charge is 0.431 e. The van der Waals surface area contributed by atoms with E-state index in [4.69, 9.17) is 5.14 Å². The minimum atomic E-state index is -4.62. The predicted molar refractivity (Wildman–Crippen MR) is 92.8 cm³/mol. The van der Waals surface area contributed by atoms with Crippen LogP contribution in [0.15, 0.2) is 64.6 Å². The highest BCUT2D eigenvalue weighted by Crippen LogP contribution is 2.34. The fourth-order valence-corrected chi connectivity index (χ4v) is 3.02. The number of anilines is 1. The molecule has 27 heavy (non-hydrogen) atoms. The fraction of sp³-hybridized carbons (Fsp3) is 0.118. The highest BCUT2D eigenvalue weighted by Gasteiger charge is 2.38. The Morgan fingerprint density at radius 1 is 1.00 bits per heavy atom. The first kappa shape index (κ1) is 19.1. The minimum Gasteiger partial charge on any atom is -0.233 e. The van der Waals surface area contributed by atoms with E-state index in [1.54, 1.807) is 0 Å². The summed E-state index contributed by atoms with van der Waals surface area (Å²) in [4.78, 5) is -0.185. The molecular weight excluding hydrogens is 386 g/mol. The Morgan fingerprint density at radius 2 is 1.59 bits per heavy atom. The lowest BCUT2D eigenvalue weighted by Gasteiger charge is -2.28. The van der Waals surface area contributed by atoms with Crippen LogP contribution < -0.4 is 10.1 Å². The Hall–Kier alpha value is -2.72. The first-order valence-corrected chi connectivity index (χ1v) is 9.14. The SMILES string of the molecule is NS(=O)(=O)c1ccc(N2N=C(C(F)(F)F)CC=C2c2ccc(F)cc2)cc1. The normalized spacial score (nSPS) is 15.4. The number of alkyl halides is 3. The number of hydrazone groups is 1. The maximum Gasteiger partial charge on any atom is 0.431 e. The Balaban J connectivity index is 2.07. The van der Waals surface area contributed by atoms with Gasteiger partial charge in [-0.05, 0) is 48.5 Å². The van der Waals surface area contributed by atoms with Crippen molar-refractivity contribution in [3.05, 3.63) is 66.0 Å². The van der Waals surface area contributed by atoms with E-state index >= 15 is 0 Å². The highest BCUT2D eigenvalue weighted by molar-refractivity contribution is 7.89. The van der Waals surface area contributed by atoms with Crippen LogP contribution in [0.25, 0.3) is 5.70 Å². The summed E-state index contributed by atoms with van der Waals surface area (Å²) in [5, 5.41) is 9.74. The van der Waals surface area contributed by atoms with Crippen molar-refractivity contribution in [1.29, 1.82) is 0 Å². The first-order valence-electron chi connectivity index (χ1n) is 7.59. The number of nitrogens with two attached hydrogens (primary N) is 1. The van der Waals surface area contributed by atoms with E-state index in [0.29, 0.717) is 11.3 Å². The van der Waals surface area contributed by atoms with Gasteiger partial charge in [0.05, 0.1) is 16.3 Å². The number of sulfonamides is 1. The van der Waals surface area contributed by atoms with Crippen LogP contribution in [-0.2, 0) is 10.0 Å². The molecule has 0 spiro atoms. The zero-order valence-electron chi connectivity index (χ0n) is 13.6. The van der Waals surface area contributed by atoms with E-state index in [1.807, 2.05) is 0 Å². The maximum atomic E-state index is 13.2. The number of allylic oxidation sites excluding steroid dienone is 1. The van der Waals surface area contributed by atoms with Gasteiger partial charge in [-0.1, -0.05) is 6.08 Å². The molecule has 3 rings (SSSR count). The first-order chi connectivity index (χ1) is 12.6. The Kier molecular flexibility index (Phi) is 4.79. The molecule has 1 heterocycles. The van der Waals surface area contributed by atoms with Crippen molar-refractivity contribution < 1.29 is 26.0 Å². The van der Waals surface area contributed by atoms with Gasteiger partial charge in [0.25, 0.3) is 0 Å². The number of hydrogen-bond acceptors (Lipinski definition) is 4. The molecule has 0 amide bonds. The molecule has 2 aromatic rings. The lowest BCUT2D eigenvalue weighted by atomic mass is 10.1. The molecule has 0 fully saturated rings. The summed E-state index contributed by atoms with van der Waals surface area (Å²) in [7, 11) is -3.95. The van der Waals surface area contributed by atoms with Gasteiger partial charge in [0.1, 0.15) is 11.5 Å². The zero-order valence-corrected chi connectivity index (χ0v) is 14.4. The van der Waals surface area contributed by atoms with E-state index < -0.39 is 34.1 Å². The van der Waals surface area contributed by atoms with Crippen molar-refractivity contribution in [2.45, 2.75) is 17.5 Å². The number of primary sulfonamides is 1. The van der Waals surface area contributed by atoms with Crippen molar-refractivity contribution in [3.8, 4) is 0 Å². The van der Waals surface area contributed by atoms with Crippen LogP contribution in [-0.4, -0.2) is 20.3 Å². The third-order valence-electron chi connectivity index (χ3n) is 3.81. The summed E-state index contributed by atoms with van der Waals surface area (Å²) in [5.74, 6) is -0.487. The molecule has 0 aliphatic carbocycles. The van der Waals surface area contributed by atoms with Crippen LogP contribution in [0.3, 0.4) is 0 Å². The van der Waals surface area contributed by atoms with Crippen LogP contribution in [0.1, 0.15) is 12.0 Å². The van der Waals surface area contributed by atoms with Crippen LogP contribution in [0.5, 0.6) is 0 Å². The lowest BCUT2D eigenvalue weighted by molar-refractivity contribution is -0.0602. The lowest BCUT2D eigenvalue weighted by Crippen LogP contribution is -2.30. The van der Waals surface area contributed by atoms with Gasteiger partial charge in [0.2, 0.25) is 10.0 Å². The molecule has 2 aromatic carbocycles. The predicted octanol–water partition coefficient (Wildman–Crippen LogP) is 3.64. The van der Waals surface area contributed by atoms with Gasteiger partial charge < -0.3 is 0 Å². The second-order valence-corrected chi connectivity index (χ2v) is 7.26. The molecule has 1 aliphatic heterocycles. The van der Waals surface area contributed by atoms with Crippen LogP contribution >= 0.6 is 0 Å². The van der Waals surface area contributed by atoms with Crippen LogP contribution in [0.2, 0.25) is 0 Å². The molecule has 10 heteroatoms. The molecule has 0 atom stereocenters. The Morgan fingerprint density at radius 3 is 2.11 bits per heavy atom. The van der Waals surface area contributed by atoms with Crippen molar-refractivity contribution >= 4 is 27.1 Å². The van der Waals surface area contributed by atoms with E-state index in [2.05, 4.69) is 5.10 Å². The summed E-state index contributed by atoms with van der Waals surface area (Å²) >= 11 is 0. The van der Waals surface area contributed by atoms with Crippen LogP contribution in [0.4, 0.5) is 23.2 Å². The number of rotatable bonds is 3. The average molecular weight is 399 g/mol. The van der Waals surface area contributed by atoms with Crippen molar-refractivity contribution in [1.82, 2.24) is 0 Å². The molecule has 2 N–H and O–H groups in total. The molecule has 0 aromatic heterocycles. The van der Waals surface area contributed by atoms with Gasteiger partial charge in [-0.3, -0.25) is 0 Å². The second kappa shape index (κ2) is 6.78. The third-order valence-corrected chi connectivity index (χ3v) is 4.74. The summed E-state index contributed by atoms with van der Waals surface area (Å²) in [6, 6.07) is 10.1. The monoisotopic (exact) mass is 399 g/mol. The standard InChI is InChI=1S/C17H13F4N3O2S/c18-12-3-1-11(2-4-12)15-9-10-16(17(19,20)21)23-24(15)13-5-7-14(8-6-13)27(22,25)26/h1-9H,10H2,(H2,22,25,26). The molecule has 0 saturated carbocycles. The zero-order chi connectivity index (χ0) is 19.8. The second-order valence-electron chi connectivity index (χ2n) is 5.70. The summed E-state index contributed by atoms with van der Waals surface area (Å²) in [5.41, 5.74) is -0.0495. The molecule has 0 radical (unpaired) electrons. The molecule has 142 valence electrons. The van der Waals surface area contributed by atoms with Crippen molar-refractivity contribution in [2.24, 2.45) is 10.2 Å². The van der Waals surface area contributed by atoms with Gasteiger partial charge in [0, 0.05) is 12.0 Å². The maximum absolute atomic E-state index is 13.2. The minimum absolute atomic E-state index is 0.185. The highest BCUT2D eigenvalue weighted by atomic mass is 32.2. The number of nitrogens with zero attached hydrogens (tertiary/aromatic N) is 2. The molecule has 0 saturated heterocycles. The van der Waals surface area contributed by atoms with E-state index in [1.165, 1.54) is 54.6 Å². The van der Waals surface area contributed by atoms with Crippen LogP contribution in [0, 0.1) is 5.82 Å². The van der Waals surface area contributed by atoms with E-state index in [9.17, 15) is 26.0 Å². The average Bonchev–Trinajstić information content (AvgIpc) is 2.60. The Labute approximate surface area is 152 Å². The van der Waals surface area contributed by atoms with Gasteiger partial charge in [-0.2, -0.15) is 18.3 Å². The Bertz CT molecular complexity index is 1010. The topological polar surface area (TPSA) is 75.8 Å². The van der Waals surface area contributed by atoms with Gasteiger partial charge in [-0.15, -0.1) is 0 Å². The molecule has 1 aliphatic rings. The number of benzene rings is 2. The van der Waals surface area contributed by atoms with E-state index in [0.717, 1.165) is 5.01 Å². The van der Waals surface area contributed by atoms with Gasteiger partial charge in [0.15, 0.2) is 0 Å². The smallest absolute Gasteiger partial charge is 0.233 e. The molecular formula is C17H13F4N3O2S. The number of hydrogen-bond donors (Lipinski definition) is 1. The van der Waals surface area contributed by atoms with Crippen molar-refractivity contribution in [3.63, 3.8) is 0 Å². The van der Waals surface area contributed by atoms with Crippen molar-refractivity contribution in [2.75, 3.05) is 5.01 Å². The summed E-state index contributed by atoms with van der Waals surface area (Å²) in [6.07, 6.45) is -3.73. The quantitative estimate of drug-likeness (QED) is 0.801. The van der Waals surface area contributed by atoms with Gasteiger partial charge in [-0.25, -0.2) is 23.0 Å².